The Bertz CT molecular complexity index is 1320. The highest BCUT2D eigenvalue weighted by Gasteiger charge is 2.38. The highest BCUT2D eigenvalue weighted by Crippen LogP contribution is 2.28. The first kappa shape index (κ1) is 24.6. The van der Waals surface area contributed by atoms with Gasteiger partial charge in [0.25, 0.3) is 23.8 Å². The van der Waals surface area contributed by atoms with Crippen molar-refractivity contribution in [2.75, 3.05) is 13.1 Å². The molecule has 4 rings (SSSR count). The molecule has 0 bridgehead atoms. The van der Waals surface area contributed by atoms with Crippen LogP contribution in [0.4, 0.5) is 17.6 Å². The van der Waals surface area contributed by atoms with Gasteiger partial charge in [-0.1, -0.05) is 6.92 Å². The molecule has 35 heavy (non-hydrogen) atoms. The number of nitrogens with one attached hydrogen (secondary N) is 2. The highest BCUT2D eigenvalue weighted by molar-refractivity contribution is 5.92. The van der Waals surface area contributed by atoms with E-state index in [1.807, 2.05) is 24.1 Å². The smallest absolute Gasteiger partial charge is 0.270 e. The average molecular weight is 493 g/mol. The number of hydrogen-bond acceptors (Lipinski definition) is 6. The lowest BCUT2D eigenvalue weighted by Gasteiger charge is -2.45. The van der Waals surface area contributed by atoms with E-state index in [9.17, 15) is 22.8 Å². The molecular formula is C23H23F4N5O3. The van der Waals surface area contributed by atoms with Gasteiger partial charge in [-0.05, 0) is 31.5 Å². The fourth-order valence-corrected chi connectivity index (χ4v) is 3.84. The minimum atomic E-state index is -2.73. The fourth-order valence-electron chi connectivity index (χ4n) is 3.84. The summed E-state index contributed by atoms with van der Waals surface area (Å²) in [6, 6.07) is 3.76. The topological polar surface area (TPSA) is 100 Å². The number of carbonyl (C=O) groups excluding carboxylic acids is 1. The summed E-state index contributed by atoms with van der Waals surface area (Å²) in [4.78, 5) is 36.0. The van der Waals surface area contributed by atoms with Crippen LogP contribution < -0.4 is 15.6 Å². The number of rotatable bonds is 8. The van der Waals surface area contributed by atoms with Crippen molar-refractivity contribution in [1.29, 1.82) is 0 Å². The summed E-state index contributed by atoms with van der Waals surface area (Å²) in [6.07, 6.45) is -1.22. The van der Waals surface area contributed by atoms with E-state index < -0.39 is 36.7 Å². The Hall–Kier alpha value is -3.54. The molecular weight excluding hydrogens is 470 g/mol. The quantitative estimate of drug-likeness (QED) is 0.370. The Morgan fingerprint density at radius 2 is 2.09 bits per heavy atom. The Kier molecular flexibility index (Phi) is 7.01. The van der Waals surface area contributed by atoms with E-state index in [-0.39, 0.29) is 35.1 Å². The number of ether oxygens (including phenoxy) is 1. The van der Waals surface area contributed by atoms with Crippen LogP contribution in [0.3, 0.4) is 0 Å². The summed E-state index contributed by atoms with van der Waals surface area (Å²) in [5.74, 6) is -2.70. The Balaban J connectivity index is 1.39. The molecule has 2 N–H and O–H groups in total. The van der Waals surface area contributed by atoms with Gasteiger partial charge in [-0.15, -0.1) is 0 Å². The van der Waals surface area contributed by atoms with Crippen LogP contribution in [0.2, 0.25) is 0 Å². The van der Waals surface area contributed by atoms with Crippen molar-refractivity contribution in [2.45, 2.75) is 45.4 Å². The minimum absolute atomic E-state index is 0.0523. The molecule has 186 valence electrons. The second-order valence-corrected chi connectivity index (χ2v) is 8.25. The number of aromatic amines is 1. The second-order valence-electron chi connectivity index (χ2n) is 8.25. The molecule has 12 heteroatoms. The monoisotopic (exact) mass is 493 g/mol. The zero-order chi connectivity index (χ0) is 25.3. The van der Waals surface area contributed by atoms with E-state index in [4.69, 9.17) is 4.74 Å². The minimum Gasteiger partial charge on any atom is -0.483 e. The number of aryl methyl sites for hydroxylation is 1. The zero-order valence-electron chi connectivity index (χ0n) is 18.9. The summed E-state index contributed by atoms with van der Waals surface area (Å²) < 4.78 is 59.4. The standard InChI is InChI=1S/C23H23F4N5O3/c1-3-12-6-15-20(31-22(12)33)19(26)13(7-28-15)9-32-10-17(11(32)2)35-16-5-4-14(30-21(16)27)23(34)29-8-18(24)25/h4-7,11,17-18H,3,8-10H2,1-2H3,(H,29,34)(H,31,33)/t11-,17-/m0/s1. The molecule has 3 aromatic rings. The second kappa shape index (κ2) is 9.98. The summed E-state index contributed by atoms with van der Waals surface area (Å²) in [5.41, 5.74) is 0.553. The first-order valence-corrected chi connectivity index (χ1v) is 11.0. The molecule has 0 spiro atoms. The van der Waals surface area contributed by atoms with Gasteiger partial charge in [-0.3, -0.25) is 19.5 Å². The first-order valence-electron chi connectivity index (χ1n) is 11.0. The van der Waals surface area contributed by atoms with E-state index in [1.165, 1.54) is 18.3 Å². The number of halogens is 4. The van der Waals surface area contributed by atoms with Gasteiger partial charge in [0.1, 0.15) is 17.3 Å². The van der Waals surface area contributed by atoms with E-state index in [0.29, 0.717) is 29.6 Å². The molecule has 1 aliphatic heterocycles. The van der Waals surface area contributed by atoms with Gasteiger partial charge >= 0.3 is 0 Å². The van der Waals surface area contributed by atoms with E-state index in [2.05, 4.69) is 15.0 Å². The maximum Gasteiger partial charge on any atom is 0.270 e. The number of fused-ring (bicyclic) bond motifs is 1. The lowest BCUT2D eigenvalue weighted by molar-refractivity contribution is -0.0437. The third-order valence-corrected chi connectivity index (χ3v) is 5.98. The van der Waals surface area contributed by atoms with Gasteiger partial charge in [0, 0.05) is 36.5 Å². The summed E-state index contributed by atoms with van der Waals surface area (Å²) in [7, 11) is 0. The molecule has 1 fully saturated rings. The normalized spacial score (nSPS) is 18.0. The van der Waals surface area contributed by atoms with Crippen LogP contribution in [-0.4, -0.2) is 57.4 Å². The molecule has 0 radical (unpaired) electrons. The number of amides is 1. The van der Waals surface area contributed by atoms with Gasteiger partial charge in [0.15, 0.2) is 11.6 Å². The molecule has 2 atom stereocenters. The predicted octanol–water partition coefficient (Wildman–Crippen LogP) is 2.81. The number of likely N-dealkylation sites (tertiary alicyclic amines) is 1. The van der Waals surface area contributed by atoms with Crippen LogP contribution in [-0.2, 0) is 13.0 Å². The van der Waals surface area contributed by atoms with Gasteiger partial charge in [-0.2, -0.15) is 4.39 Å². The van der Waals surface area contributed by atoms with Crippen molar-refractivity contribution in [3.8, 4) is 5.75 Å². The SMILES string of the molecule is CCc1cc2ncc(CN3C[C@H](Oc4ccc(C(=O)NCC(F)F)nc4F)[C@@H]3C)c(F)c2[nH]c1=O. The van der Waals surface area contributed by atoms with Crippen LogP contribution in [0.5, 0.6) is 5.75 Å². The van der Waals surface area contributed by atoms with Crippen molar-refractivity contribution in [3.05, 3.63) is 63.3 Å². The molecule has 3 aromatic heterocycles. The van der Waals surface area contributed by atoms with Crippen LogP contribution >= 0.6 is 0 Å². The van der Waals surface area contributed by atoms with E-state index >= 15 is 4.39 Å². The molecule has 8 nitrogen and oxygen atoms in total. The highest BCUT2D eigenvalue weighted by atomic mass is 19.3. The summed E-state index contributed by atoms with van der Waals surface area (Å²) >= 11 is 0. The first-order chi connectivity index (χ1) is 16.7. The summed E-state index contributed by atoms with van der Waals surface area (Å²) in [5, 5.41) is 1.95. The number of alkyl halides is 2. The van der Waals surface area contributed by atoms with Crippen molar-refractivity contribution >= 4 is 16.9 Å². The van der Waals surface area contributed by atoms with Gasteiger partial charge in [-0.25, -0.2) is 18.2 Å². The molecule has 0 aliphatic carbocycles. The molecule has 4 heterocycles. The van der Waals surface area contributed by atoms with Gasteiger partial charge in [0.2, 0.25) is 0 Å². The molecule has 0 saturated carbocycles. The average Bonchev–Trinajstić information content (AvgIpc) is 2.83. The molecule has 0 aromatic carbocycles. The number of pyridine rings is 3. The largest absolute Gasteiger partial charge is 0.483 e. The Morgan fingerprint density at radius 3 is 2.74 bits per heavy atom. The lowest BCUT2D eigenvalue weighted by Crippen LogP contribution is -2.60. The third kappa shape index (κ3) is 5.11. The molecule has 1 aliphatic rings. The van der Waals surface area contributed by atoms with Crippen LogP contribution in [0.1, 0.15) is 35.5 Å². The number of carbonyl (C=O) groups is 1. The predicted molar refractivity (Wildman–Crippen MR) is 119 cm³/mol. The number of aromatic nitrogens is 3. The van der Waals surface area contributed by atoms with Crippen LogP contribution in [0.15, 0.2) is 29.2 Å². The number of hydrogen-bond donors (Lipinski definition) is 2. The van der Waals surface area contributed by atoms with Gasteiger partial charge < -0.3 is 15.0 Å². The number of H-pyrrole nitrogens is 1. The van der Waals surface area contributed by atoms with Crippen molar-refractivity contribution in [1.82, 2.24) is 25.2 Å². The van der Waals surface area contributed by atoms with E-state index in [0.717, 1.165) is 0 Å². The molecule has 1 saturated heterocycles. The van der Waals surface area contributed by atoms with Crippen LogP contribution in [0, 0.1) is 11.8 Å². The maximum absolute atomic E-state index is 15.0. The van der Waals surface area contributed by atoms with Crippen molar-refractivity contribution < 1.29 is 27.1 Å². The Labute approximate surface area is 197 Å². The fraction of sp³-hybridized carbons (Fsp3) is 0.391. The maximum atomic E-state index is 15.0. The summed E-state index contributed by atoms with van der Waals surface area (Å²) in [6.45, 7) is 3.36. The van der Waals surface area contributed by atoms with Crippen molar-refractivity contribution in [2.24, 2.45) is 0 Å². The van der Waals surface area contributed by atoms with Crippen molar-refractivity contribution in [3.63, 3.8) is 0 Å². The molecule has 0 unspecified atom stereocenters. The van der Waals surface area contributed by atoms with E-state index in [1.54, 1.807) is 6.07 Å². The Morgan fingerprint density at radius 1 is 1.31 bits per heavy atom. The zero-order valence-corrected chi connectivity index (χ0v) is 18.9. The van der Waals surface area contributed by atoms with Gasteiger partial charge in [0.05, 0.1) is 12.1 Å². The molecule has 1 amide bonds. The lowest BCUT2D eigenvalue weighted by atomic mass is 9.99. The third-order valence-electron chi connectivity index (χ3n) is 5.98. The number of nitrogens with zero attached hydrogens (tertiary/aromatic N) is 3. The van der Waals surface area contributed by atoms with Crippen LogP contribution in [0.25, 0.3) is 11.0 Å².